The molecular formula is C19H26O11. The van der Waals surface area contributed by atoms with Crippen molar-refractivity contribution in [3.63, 3.8) is 0 Å². The Kier molecular flexibility index (Phi) is 9.44. The van der Waals surface area contributed by atoms with Gasteiger partial charge in [-0.05, 0) is 0 Å². The van der Waals surface area contributed by atoms with Crippen molar-refractivity contribution in [3.8, 4) is 0 Å². The minimum atomic E-state index is -1.95. The van der Waals surface area contributed by atoms with Crippen LogP contribution in [0.25, 0.3) is 0 Å². The summed E-state index contributed by atoms with van der Waals surface area (Å²) in [6.45, 7) is 5.55. The van der Waals surface area contributed by atoms with E-state index in [-0.39, 0.29) is 25.9 Å². The van der Waals surface area contributed by atoms with Crippen LogP contribution in [-0.4, -0.2) is 65.7 Å². The molecule has 0 spiro atoms. The van der Waals surface area contributed by atoms with E-state index in [9.17, 15) is 24.0 Å². The molecule has 11 nitrogen and oxygen atoms in total. The van der Waals surface area contributed by atoms with Crippen LogP contribution in [0.1, 0.15) is 47.0 Å². The molecule has 0 aromatic heterocycles. The number of aliphatic carboxylic acids is 1. The first-order valence-electron chi connectivity index (χ1n) is 9.42. The predicted molar refractivity (Wildman–Crippen MR) is 97.7 cm³/mol. The van der Waals surface area contributed by atoms with Crippen LogP contribution in [0.15, 0.2) is 12.2 Å². The summed E-state index contributed by atoms with van der Waals surface area (Å²) < 4.78 is 26.7. The highest BCUT2D eigenvalue weighted by Crippen LogP contribution is 2.33. The smallest absolute Gasteiger partial charge is 0.333 e. The summed E-state index contributed by atoms with van der Waals surface area (Å²) in [6, 6.07) is 0. The molecule has 0 aromatic rings. The highest BCUT2D eigenvalue weighted by molar-refractivity contribution is 5.90. The fourth-order valence-corrected chi connectivity index (χ4v) is 2.50. The van der Waals surface area contributed by atoms with Gasteiger partial charge >= 0.3 is 29.8 Å². The summed E-state index contributed by atoms with van der Waals surface area (Å²) in [7, 11) is 0. The third-order valence-electron chi connectivity index (χ3n) is 4.06. The molecule has 168 valence electrons. The molecule has 0 aliphatic carbocycles. The molecule has 1 aliphatic rings. The Hall–Kier alpha value is -2.95. The summed E-state index contributed by atoms with van der Waals surface area (Å²) in [5.74, 6) is -6.41. The van der Waals surface area contributed by atoms with Crippen molar-refractivity contribution in [3.05, 3.63) is 12.2 Å². The first-order chi connectivity index (χ1) is 14.1. The van der Waals surface area contributed by atoms with Gasteiger partial charge in [0.1, 0.15) is 0 Å². The zero-order valence-electron chi connectivity index (χ0n) is 17.2. The molecule has 4 atom stereocenters. The minimum Gasteiger partial charge on any atom is -0.478 e. The van der Waals surface area contributed by atoms with Crippen LogP contribution in [0.3, 0.4) is 0 Å². The van der Waals surface area contributed by atoms with E-state index in [1.807, 2.05) is 0 Å². The summed E-state index contributed by atoms with van der Waals surface area (Å²) >= 11 is 0. The number of carbonyl (C=O) groups excluding carboxylic acids is 4. The fraction of sp³-hybridized carbons (Fsp3) is 0.632. The number of hydrogen-bond donors (Lipinski definition) is 1. The van der Waals surface area contributed by atoms with Crippen molar-refractivity contribution in [2.75, 3.05) is 6.61 Å². The van der Waals surface area contributed by atoms with Gasteiger partial charge < -0.3 is 28.8 Å². The Morgan fingerprint density at radius 1 is 0.933 bits per heavy atom. The number of carboxylic acids is 1. The molecule has 0 radical (unpaired) electrons. The number of carboxylic acid groups (broad SMARTS) is 1. The molecule has 1 rings (SSSR count). The lowest BCUT2D eigenvalue weighted by molar-refractivity contribution is -0.321. The van der Waals surface area contributed by atoms with Gasteiger partial charge in [-0.3, -0.25) is 14.4 Å². The average Bonchev–Trinajstić information content (AvgIpc) is 2.70. The molecule has 1 fully saturated rings. The van der Waals surface area contributed by atoms with Gasteiger partial charge in [0.05, 0.1) is 6.61 Å². The molecule has 0 saturated carbocycles. The normalized spacial score (nSPS) is 25.9. The van der Waals surface area contributed by atoms with E-state index in [4.69, 9.17) is 28.8 Å². The molecule has 11 heteroatoms. The number of ether oxygens (including phenoxy) is 5. The minimum absolute atomic E-state index is 0.0158. The summed E-state index contributed by atoms with van der Waals surface area (Å²) in [4.78, 5) is 58.4. The van der Waals surface area contributed by atoms with Gasteiger partial charge in [-0.2, -0.15) is 0 Å². The third-order valence-corrected chi connectivity index (χ3v) is 4.06. The maximum absolute atomic E-state index is 12.0. The number of hydrogen-bond acceptors (Lipinski definition) is 10. The topological polar surface area (TPSA) is 152 Å². The Morgan fingerprint density at radius 2 is 1.47 bits per heavy atom. The van der Waals surface area contributed by atoms with Crippen molar-refractivity contribution in [1.82, 2.24) is 0 Å². The van der Waals surface area contributed by atoms with Gasteiger partial charge in [0.15, 0.2) is 12.2 Å². The van der Waals surface area contributed by atoms with Gasteiger partial charge in [-0.25, -0.2) is 9.59 Å². The molecular weight excluding hydrogens is 404 g/mol. The summed E-state index contributed by atoms with van der Waals surface area (Å²) in [6.07, 6.45) is -2.75. The first kappa shape index (κ1) is 25.1. The van der Waals surface area contributed by atoms with E-state index >= 15 is 0 Å². The van der Waals surface area contributed by atoms with Crippen molar-refractivity contribution in [1.29, 1.82) is 0 Å². The van der Waals surface area contributed by atoms with E-state index in [2.05, 4.69) is 0 Å². The number of rotatable bonds is 9. The van der Waals surface area contributed by atoms with E-state index in [0.29, 0.717) is 12.2 Å². The molecule has 30 heavy (non-hydrogen) atoms. The van der Waals surface area contributed by atoms with Crippen LogP contribution in [0.5, 0.6) is 0 Å². The lowest BCUT2D eigenvalue weighted by Gasteiger charge is -2.45. The van der Waals surface area contributed by atoms with E-state index in [1.54, 1.807) is 6.92 Å². The predicted octanol–water partition coefficient (Wildman–Crippen LogP) is 0.882. The van der Waals surface area contributed by atoms with E-state index in [1.165, 1.54) is 20.8 Å². The van der Waals surface area contributed by atoms with Crippen molar-refractivity contribution >= 4 is 29.8 Å². The monoisotopic (exact) mass is 430 g/mol. The molecule has 0 bridgehead atoms. The zero-order chi connectivity index (χ0) is 22.9. The van der Waals surface area contributed by atoms with Crippen molar-refractivity contribution in [2.24, 2.45) is 0 Å². The van der Waals surface area contributed by atoms with Crippen LogP contribution >= 0.6 is 0 Å². The largest absolute Gasteiger partial charge is 0.478 e. The number of esters is 4. The SMILES string of the molecule is CCC(=O)O[C@@H]1[C@@H](OC(=O)CC)[C@](C)(OC(=O)/C=C/C(=O)O)OC[C@H]1OC(=O)CC. The summed E-state index contributed by atoms with van der Waals surface area (Å²) in [5.41, 5.74) is 0. The van der Waals surface area contributed by atoms with E-state index in [0.717, 1.165) is 0 Å². The van der Waals surface area contributed by atoms with Gasteiger partial charge in [0.2, 0.25) is 6.10 Å². The summed E-state index contributed by atoms with van der Waals surface area (Å²) in [5, 5.41) is 8.64. The Morgan fingerprint density at radius 3 is 2.00 bits per heavy atom. The molecule has 0 amide bonds. The quantitative estimate of drug-likeness (QED) is 0.315. The van der Waals surface area contributed by atoms with Crippen LogP contribution in [0.2, 0.25) is 0 Å². The molecule has 0 aromatic carbocycles. The van der Waals surface area contributed by atoms with Crippen molar-refractivity contribution in [2.45, 2.75) is 71.1 Å². The second-order valence-corrected chi connectivity index (χ2v) is 6.37. The fourth-order valence-electron chi connectivity index (χ4n) is 2.50. The van der Waals surface area contributed by atoms with Crippen LogP contribution in [0, 0.1) is 0 Å². The standard InChI is InChI=1S/C19H26O11/c1-5-13(22)27-11-10-26-19(4,30-16(25)9-8-12(20)21)18(29-15(24)7-3)17(11)28-14(23)6-2/h8-9,11,17-18H,5-7,10H2,1-4H3,(H,20,21)/b9-8+/t11-,17+,18-,19+/m1/s1. The Labute approximate surface area is 173 Å². The highest BCUT2D eigenvalue weighted by Gasteiger charge is 2.56. The second-order valence-electron chi connectivity index (χ2n) is 6.37. The Balaban J connectivity index is 3.28. The lowest BCUT2D eigenvalue weighted by Crippen LogP contribution is -2.64. The van der Waals surface area contributed by atoms with Crippen LogP contribution in [0.4, 0.5) is 0 Å². The average molecular weight is 430 g/mol. The molecule has 1 saturated heterocycles. The molecule has 1 heterocycles. The second kappa shape index (κ2) is 11.3. The zero-order valence-corrected chi connectivity index (χ0v) is 17.2. The third kappa shape index (κ3) is 7.14. The molecule has 1 N–H and O–H groups in total. The van der Waals surface area contributed by atoms with E-state index < -0.39 is 53.9 Å². The van der Waals surface area contributed by atoms with Crippen LogP contribution in [-0.2, 0) is 47.7 Å². The Bertz CT molecular complexity index is 699. The lowest BCUT2D eigenvalue weighted by atomic mass is 9.96. The molecule has 0 unspecified atom stereocenters. The molecule has 1 aliphatic heterocycles. The van der Waals surface area contributed by atoms with Gasteiger partial charge in [-0.1, -0.05) is 20.8 Å². The van der Waals surface area contributed by atoms with Crippen LogP contribution < -0.4 is 0 Å². The first-order valence-corrected chi connectivity index (χ1v) is 9.42. The van der Waals surface area contributed by atoms with Gasteiger partial charge in [0.25, 0.3) is 5.79 Å². The maximum atomic E-state index is 12.0. The van der Waals surface area contributed by atoms with Gasteiger partial charge in [-0.15, -0.1) is 0 Å². The number of carbonyl (C=O) groups is 5. The maximum Gasteiger partial charge on any atom is 0.333 e. The van der Waals surface area contributed by atoms with Crippen molar-refractivity contribution < 1.29 is 52.8 Å². The van der Waals surface area contributed by atoms with Gasteiger partial charge in [0, 0.05) is 38.3 Å². The highest BCUT2D eigenvalue weighted by atomic mass is 16.8.